The molecule has 3 aromatic carbocycles. The van der Waals surface area contributed by atoms with Crippen LogP contribution in [-0.4, -0.2) is 100 Å². The number of hydrogen-bond donors (Lipinski definition) is 5. The number of aliphatic carboxylic acids is 1. The van der Waals surface area contributed by atoms with Crippen molar-refractivity contribution < 1.29 is 37.5 Å². The fourth-order valence-corrected chi connectivity index (χ4v) is 7.75. The average molecular weight is 1050 g/mol. The zero-order valence-corrected chi connectivity index (χ0v) is 40.5. The molecule has 0 atom stereocenters. The monoisotopic (exact) mass is 1040 g/mol. The predicted molar refractivity (Wildman–Crippen MR) is 263 cm³/mol. The Morgan fingerprint density at radius 3 is 1.60 bits per heavy atom. The van der Waals surface area contributed by atoms with E-state index >= 15 is 0 Å². The molecular formula is C42H45BrF3N13O5S3. The van der Waals surface area contributed by atoms with Gasteiger partial charge in [-0.15, -0.1) is 0 Å². The lowest BCUT2D eigenvalue weighted by Crippen LogP contribution is -2.34. The molecule has 0 saturated carbocycles. The Labute approximate surface area is 403 Å². The van der Waals surface area contributed by atoms with Gasteiger partial charge in [0.2, 0.25) is 11.8 Å². The minimum absolute atomic E-state index is 0.0482. The summed E-state index contributed by atoms with van der Waals surface area (Å²) in [5.41, 5.74) is 13.4. The molecule has 67 heavy (non-hydrogen) atoms. The number of carbonyl (C=O) groups is 4. The second-order valence-corrected chi connectivity index (χ2v) is 18.1. The summed E-state index contributed by atoms with van der Waals surface area (Å²) in [5.74, 6) is -2.48. The van der Waals surface area contributed by atoms with Gasteiger partial charge in [-0.1, -0.05) is 52.2 Å². The lowest BCUT2D eigenvalue weighted by molar-refractivity contribution is -0.132. The van der Waals surface area contributed by atoms with Crippen LogP contribution in [0.1, 0.15) is 25.7 Å². The summed E-state index contributed by atoms with van der Waals surface area (Å²) < 4.78 is 39.6. The van der Waals surface area contributed by atoms with Crippen molar-refractivity contribution in [3.63, 3.8) is 0 Å². The molecule has 25 heteroatoms. The number of amides is 3. The summed E-state index contributed by atoms with van der Waals surface area (Å²) in [4.78, 5) is 60.3. The first-order chi connectivity index (χ1) is 31.8. The van der Waals surface area contributed by atoms with Crippen molar-refractivity contribution >= 4 is 128 Å². The second-order valence-electron chi connectivity index (χ2n) is 13.6. The Hall–Kier alpha value is -6.96. The number of carbonyl (C=O) groups excluding carboxylic acids is 3. The number of nitrogen functional groups attached to an aromatic ring is 2. The molecule has 0 saturated heterocycles. The van der Waals surface area contributed by atoms with E-state index in [1.54, 1.807) is 61.9 Å². The zero-order valence-electron chi connectivity index (χ0n) is 36.5. The molecule has 0 bridgehead atoms. The number of nitrogens with one attached hydrogen (secondary N) is 2. The van der Waals surface area contributed by atoms with Gasteiger partial charge in [0.05, 0.1) is 22.4 Å². The largest absolute Gasteiger partial charge is 0.477 e. The molecule has 3 aromatic heterocycles. The highest BCUT2D eigenvalue weighted by Crippen LogP contribution is 2.32. The number of anilines is 8. The Morgan fingerprint density at radius 1 is 0.701 bits per heavy atom. The van der Waals surface area contributed by atoms with Crippen molar-refractivity contribution in [3.8, 4) is 0 Å². The maximum Gasteiger partial charge on any atom is 0.352 e. The average Bonchev–Trinajstić information content (AvgIpc) is 4.06. The van der Waals surface area contributed by atoms with Gasteiger partial charge in [0.15, 0.2) is 15.4 Å². The molecule has 354 valence electrons. The molecule has 0 spiro atoms. The van der Waals surface area contributed by atoms with E-state index < -0.39 is 5.97 Å². The third-order valence-electron chi connectivity index (χ3n) is 8.81. The number of halogens is 4. The molecule has 18 nitrogen and oxygen atoms in total. The van der Waals surface area contributed by atoms with E-state index in [0.29, 0.717) is 27.5 Å². The third-order valence-corrected chi connectivity index (χ3v) is 12.0. The summed E-state index contributed by atoms with van der Waals surface area (Å²) in [6.45, 7) is 0. The Balaban J connectivity index is 0.000000199. The Kier molecular flexibility index (Phi) is 20.2. The van der Waals surface area contributed by atoms with Gasteiger partial charge in [0, 0.05) is 78.0 Å². The highest BCUT2D eigenvalue weighted by Gasteiger charge is 2.23. The van der Waals surface area contributed by atoms with Gasteiger partial charge in [-0.2, -0.15) is 10.2 Å². The molecule has 3 amide bonds. The lowest BCUT2D eigenvalue weighted by Gasteiger charge is -2.18. The number of rotatable bonds is 8. The van der Waals surface area contributed by atoms with Crippen molar-refractivity contribution in [1.29, 1.82) is 0 Å². The fourth-order valence-electron chi connectivity index (χ4n) is 5.27. The van der Waals surface area contributed by atoms with Gasteiger partial charge >= 0.3 is 5.97 Å². The number of nitrogens with zero attached hydrogens (tertiary/aromatic N) is 9. The van der Waals surface area contributed by atoms with E-state index in [1.165, 1.54) is 89.5 Å². The van der Waals surface area contributed by atoms with Crippen LogP contribution >= 0.6 is 49.9 Å². The van der Waals surface area contributed by atoms with Gasteiger partial charge < -0.3 is 31.7 Å². The van der Waals surface area contributed by atoms with Gasteiger partial charge in [0.25, 0.3) is 5.91 Å². The molecule has 6 aromatic rings. The summed E-state index contributed by atoms with van der Waals surface area (Å²) >= 11 is 7.26. The zero-order chi connectivity index (χ0) is 49.2. The van der Waals surface area contributed by atoms with Crippen LogP contribution in [0, 0.1) is 17.5 Å². The Morgan fingerprint density at radius 2 is 1.18 bits per heavy atom. The number of thiazole rings is 3. The minimum atomic E-state index is -1.05. The van der Waals surface area contributed by atoms with Gasteiger partial charge in [-0.25, -0.2) is 42.9 Å². The van der Waals surface area contributed by atoms with Crippen LogP contribution in [0.5, 0.6) is 0 Å². The van der Waals surface area contributed by atoms with Crippen molar-refractivity contribution in [1.82, 2.24) is 25.0 Å². The van der Waals surface area contributed by atoms with E-state index in [-0.39, 0.29) is 65.9 Å². The second kappa shape index (κ2) is 25.7. The number of hydrazone groups is 2. The quantitative estimate of drug-likeness (QED) is 0.0966. The molecule has 2 aliphatic heterocycles. The number of nitrogens with two attached hydrogens (primary N) is 2. The summed E-state index contributed by atoms with van der Waals surface area (Å²) in [5, 5.41) is 26.9. The molecular weight excluding hydrogens is 1000 g/mol. The topological polar surface area (TPSA) is 241 Å². The minimum Gasteiger partial charge on any atom is -0.477 e. The molecule has 5 heterocycles. The normalized spacial score (nSPS) is 12.8. The smallest absolute Gasteiger partial charge is 0.352 e. The molecule has 0 aliphatic carbocycles. The first kappa shape index (κ1) is 52.7. The molecule has 0 fully saturated rings. The number of carboxylic acid groups (broad SMARTS) is 1. The molecule has 8 rings (SSSR count). The third kappa shape index (κ3) is 17.1. The van der Waals surface area contributed by atoms with Gasteiger partial charge in [-0.05, 0) is 70.5 Å². The van der Waals surface area contributed by atoms with E-state index in [2.05, 4.69) is 51.7 Å². The van der Waals surface area contributed by atoms with Crippen LogP contribution in [0.3, 0.4) is 0 Å². The highest BCUT2D eigenvalue weighted by atomic mass is 79.9. The standard InChI is InChI=1S/C16H16FN5O2S.C10H10FN3S.C7H8FN.C6H8N2O3.C3H3BrN2S/c1-21(11-5-3-4-10(17)8-11)14-9-18-16(25-14)19-15(24)12-6-7-13(23)22(2)20-12;1-14(9-6-13-10(12)15-9)8-4-2-3-7(11)5-8;1-9-7-4-2-3-6(8)5-7;1-8-5(9)3-2-4(7-8)6(10)11;4-2-1-6-3(5)7-2/h3-5,8-9H,6-7H2,1-2H3,(H,18,19,24);2-6H,1H3,(H2,12,13);2-5,9H,1H3;2-3H2,1H3,(H,10,11);1H,(H2,5,6). The van der Waals surface area contributed by atoms with Crippen molar-refractivity contribution in [3.05, 3.63) is 113 Å². The van der Waals surface area contributed by atoms with E-state index in [1.807, 2.05) is 24.1 Å². The van der Waals surface area contributed by atoms with Crippen LogP contribution in [0.2, 0.25) is 0 Å². The predicted octanol–water partition coefficient (Wildman–Crippen LogP) is 8.26. The van der Waals surface area contributed by atoms with E-state index in [4.69, 9.17) is 16.6 Å². The van der Waals surface area contributed by atoms with Gasteiger partial charge in [-0.3, -0.25) is 19.7 Å². The highest BCUT2D eigenvalue weighted by molar-refractivity contribution is 9.11. The molecule has 7 N–H and O–H groups in total. The maximum atomic E-state index is 13.3. The van der Waals surface area contributed by atoms with Crippen molar-refractivity contribution in [2.45, 2.75) is 25.7 Å². The fraction of sp³-hybridized carbons (Fsp3) is 0.214. The lowest BCUT2D eigenvalue weighted by atomic mass is 10.1. The SMILES string of the molecule is CN(c1cccc(F)c1)c1cnc(N)s1.CN1N=C(C(=O)Nc2ncc(N(C)c3cccc(F)c3)s2)CCC1=O.CN1N=C(C(=O)O)CCC1=O.CNc1cccc(F)c1.Nc1ncc(Br)s1. The molecule has 0 radical (unpaired) electrons. The summed E-state index contributed by atoms with van der Waals surface area (Å²) in [6.07, 6.45) is 5.99. The molecule has 0 unspecified atom stereocenters. The maximum absolute atomic E-state index is 13.3. The number of hydrogen-bond acceptors (Lipinski definition) is 17. The number of aromatic nitrogens is 3. The first-order valence-corrected chi connectivity index (χ1v) is 22.8. The van der Waals surface area contributed by atoms with Crippen molar-refractivity contribution in [2.75, 3.05) is 67.1 Å². The van der Waals surface area contributed by atoms with Crippen LogP contribution in [0.15, 0.2) is 105 Å². The summed E-state index contributed by atoms with van der Waals surface area (Å²) in [7, 11) is 8.37. The van der Waals surface area contributed by atoms with Crippen molar-refractivity contribution in [2.24, 2.45) is 10.2 Å². The Bertz CT molecular complexity index is 2680. The van der Waals surface area contributed by atoms with E-state index in [9.17, 15) is 32.3 Å². The van der Waals surface area contributed by atoms with Crippen LogP contribution in [0.25, 0.3) is 0 Å². The van der Waals surface area contributed by atoms with Crippen LogP contribution < -0.4 is 31.9 Å². The van der Waals surface area contributed by atoms with Gasteiger partial charge in [0.1, 0.15) is 38.9 Å². The van der Waals surface area contributed by atoms with Crippen LogP contribution in [-0.2, 0) is 19.2 Å². The van der Waals surface area contributed by atoms with E-state index in [0.717, 1.165) is 30.2 Å². The molecule has 2 aliphatic rings. The number of benzene rings is 3. The summed E-state index contributed by atoms with van der Waals surface area (Å²) in [6, 6.07) is 18.9. The number of carboxylic acids is 1. The van der Waals surface area contributed by atoms with Crippen LogP contribution in [0.4, 0.5) is 55.6 Å². The first-order valence-electron chi connectivity index (χ1n) is 19.5.